The Morgan fingerprint density at radius 2 is 1.88 bits per heavy atom. The molecular formula is C9H7F2NO4. The molecule has 1 rings (SSSR count). The van der Waals surface area contributed by atoms with Gasteiger partial charge in [0.1, 0.15) is 0 Å². The number of benzene rings is 1. The first-order valence-corrected chi connectivity index (χ1v) is 4.10. The van der Waals surface area contributed by atoms with Crippen LogP contribution in [0, 0.1) is 10.1 Å². The second kappa shape index (κ2) is 4.21. The van der Waals surface area contributed by atoms with Crippen LogP contribution < -0.4 is 0 Å². The second-order valence-corrected chi connectivity index (χ2v) is 2.87. The summed E-state index contributed by atoms with van der Waals surface area (Å²) in [6.07, 6.45) is 0. The standard InChI is InChI=1S/C9H7F2NO4/c1-16-8(13)9(10,11)6-2-4-7(5-3-6)12(14)15/h2-5H,1H3. The van der Waals surface area contributed by atoms with E-state index in [1.807, 2.05) is 0 Å². The van der Waals surface area contributed by atoms with Crippen LogP contribution in [0.15, 0.2) is 24.3 Å². The number of carbonyl (C=O) groups excluding carboxylic acids is 1. The van der Waals surface area contributed by atoms with Gasteiger partial charge in [-0.2, -0.15) is 8.78 Å². The van der Waals surface area contributed by atoms with Gasteiger partial charge in [0.05, 0.1) is 12.0 Å². The average molecular weight is 231 g/mol. The first kappa shape index (κ1) is 12.0. The predicted molar refractivity (Wildman–Crippen MR) is 49.0 cm³/mol. The number of rotatable bonds is 3. The fraction of sp³-hybridized carbons (Fsp3) is 0.222. The highest BCUT2D eigenvalue weighted by Gasteiger charge is 2.42. The fourth-order valence-corrected chi connectivity index (χ4v) is 1.04. The summed E-state index contributed by atoms with van der Waals surface area (Å²) in [7, 11) is 0.835. The van der Waals surface area contributed by atoms with Crippen molar-refractivity contribution in [3.05, 3.63) is 39.9 Å². The van der Waals surface area contributed by atoms with Crippen LogP contribution in [0.2, 0.25) is 0 Å². The van der Waals surface area contributed by atoms with Crippen molar-refractivity contribution >= 4 is 11.7 Å². The molecular weight excluding hydrogens is 224 g/mol. The Balaban J connectivity index is 3.06. The van der Waals surface area contributed by atoms with Crippen LogP contribution in [0.5, 0.6) is 0 Å². The van der Waals surface area contributed by atoms with Crippen LogP contribution in [0.1, 0.15) is 5.56 Å². The van der Waals surface area contributed by atoms with Gasteiger partial charge in [0.25, 0.3) is 5.69 Å². The van der Waals surface area contributed by atoms with E-state index in [4.69, 9.17) is 0 Å². The zero-order valence-electron chi connectivity index (χ0n) is 8.15. The predicted octanol–water partition coefficient (Wildman–Crippen LogP) is 1.86. The van der Waals surface area contributed by atoms with Crippen molar-refractivity contribution < 1.29 is 23.2 Å². The highest BCUT2D eigenvalue weighted by atomic mass is 19.3. The maximum Gasteiger partial charge on any atom is 0.381 e. The quantitative estimate of drug-likeness (QED) is 0.452. The fourth-order valence-electron chi connectivity index (χ4n) is 1.04. The maximum absolute atomic E-state index is 13.2. The summed E-state index contributed by atoms with van der Waals surface area (Å²) in [5, 5.41) is 10.3. The molecule has 1 aromatic carbocycles. The molecule has 0 saturated heterocycles. The Kier molecular flexibility index (Phi) is 3.17. The van der Waals surface area contributed by atoms with Gasteiger partial charge >= 0.3 is 11.9 Å². The molecule has 0 bridgehead atoms. The zero-order valence-corrected chi connectivity index (χ0v) is 8.15. The summed E-state index contributed by atoms with van der Waals surface area (Å²) in [5.41, 5.74) is -0.977. The second-order valence-electron chi connectivity index (χ2n) is 2.87. The molecule has 16 heavy (non-hydrogen) atoms. The topological polar surface area (TPSA) is 69.4 Å². The Morgan fingerprint density at radius 3 is 2.25 bits per heavy atom. The third-order valence-electron chi connectivity index (χ3n) is 1.88. The number of ether oxygens (including phenoxy) is 1. The minimum absolute atomic E-state index is 0.329. The van der Waals surface area contributed by atoms with Crippen molar-refractivity contribution in [2.45, 2.75) is 5.92 Å². The molecule has 5 nitrogen and oxygen atoms in total. The molecule has 86 valence electrons. The molecule has 0 aliphatic carbocycles. The van der Waals surface area contributed by atoms with E-state index < -0.39 is 22.4 Å². The summed E-state index contributed by atoms with van der Waals surface area (Å²) in [6.45, 7) is 0. The zero-order chi connectivity index (χ0) is 12.3. The van der Waals surface area contributed by atoms with Gasteiger partial charge in [-0.15, -0.1) is 0 Å². The highest BCUT2D eigenvalue weighted by Crippen LogP contribution is 2.30. The Hall–Kier alpha value is -2.05. The summed E-state index contributed by atoms with van der Waals surface area (Å²) in [6, 6.07) is 3.42. The van der Waals surface area contributed by atoms with Crippen molar-refractivity contribution in [3.63, 3.8) is 0 Å². The van der Waals surface area contributed by atoms with Crippen molar-refractivity contribution in [1.82, 2.24) is 0 Å². The van der Waals surface area contributed by atoms with Gasteiger partial charge in [-0.05, 0) is 12.1 Å². The molecule has 0 aliphatic heterocycles. The lowest BCUT2D eigenvalue weighted by Gasteiger charge is -2.13. The van der Waals surface area contributed by atoms with Crippen LogP contribution in [0.25, 0.3) is 0 Å². The van der Waals surface area contributed by atoms with Crippen LogP contribution in [-0.4, -0.2) is 18.0 Å². The number of alkyl halides is 2. The van der Waals surface area contributed by atoms with Crippen molar-refractivity contribution in [2.75, 3.05) is 7.11 Å². The molecule has 0 fully saturated rings. The molecule has 0 spiro atoms. The van der Waals surface area contributed by atoms with Crippen molar-refractivity contribution in [2.24, 2.45) is 0 Å². The number of methoxy groups -OCH3 is 1. The molecule has 0 N–H and O–H groups in total. The molecule has 0 aromatic heterocycles. The smallest absolute Gasteiger partial charge is 0.381 e. The minimum atomic E-state index is -3.80. The number of hydrogen-bond donors (Lipinski definition) is 0. The van der Waals surface area contributed by atoms with Crippen LogP contribution in [0.3, 0.4) is 0 Å². The van der Waals surface area contributed by atoms with E-state index >= 15 is 0 Å². The number of halogens is 2. The van der Waals surface area contributed by atoms with Gasteiger partial charge in [-0.3, -0.25) is 10.1 Å². The van der Waals surface area contributed by atoms with E-state index in [2.05, 4.69) is 4.74 Å². The Labute approximate surface area is 88.8 Å². The average Bonchev–Trinajstić information content (AvgIpc) is 2.28. The Bertz CT molecular complexity index is 416. The van der Waals surface area contributed by atoms with Gasteiger partial charge in [0, 0.05) is 17.7 Å². The summed E-state index contributed by atoms with van der Waals surface area (Å²) < 4.78 is 30.4. The lowest BCUT2D eigenvalue weighted by Crippen LogP contribution is -2.27. The van der Waals surface area contributed by atoms with Gasteiger partial charge in [-0.25, -0.2) is 4.79 Å². The lowest BCUT2D eigenvalue weighted by atomic mass is 10.1. The molecule has 1 aromatic rings. The van der Waals surface area contributed by atoms with E-state index in [-0.39, 0.29) is 5.69 Å². The summed E-state index contributed by atoms with van der Waals surface area (Å²) in [4.78, 5) is 20.3. The van der Waals surface area contributed by atoms with E-state index in [9.17, 15) is 23.7 Å². The monoisotopic (exact) mass is 231 g/mol. The highest BCUT2D eigenvalue weighted by molar-refractivity contribution is 5.79. The van der Waals surface area contributed by atoms with Gasteiger partial charge < -0.3 is 4.74 Å². The van der Waals surface area contributed by atoms with Crippen LogP contribution >= 0.6 is 0 Å². The number of carbonyl (C=O) groups is 1. The van der Waals surface area contributed by atoms with E-state index in [0.29, 0.717) is 0 Å². The largest absolute Gasteiger partial charge is 0.464 e. The maximum atomic E-state index is 13.2. The first-order valence-electron chi connectivity index (χ1n) is 4.10. The van der Waals surface area contributed by atoms with Crippen LogP contribution in [0.4, 0.5) is 14.5 Å². The molecule has 0 saturated carbocycles. The molecule has 0 heterocycles. The van der Waals surface area contributed by atoms with Crippen molar-refractivity contribution in [1.29, 1.82) is 0 Å². The number of nitro groups is 1. The minimum Gasteiger partial charge on any atom is -0.464 e. The normalized spacial score (nSPS) is 10.9. The van der Waals surface area contributed by atoms with Crippen LogP contribution in [-0.2, 0) is 15.5 Å². The molecule has 0 unspecified atom stereocenters. The third kappa shape index (κ3) is 2.13. The van der Waals surface area contributed by atoms with Crippen molar-refractivity contribution in [3.8, 4) is 0 Å². The van der Waals surface area contributed by atoms with Gasteiger partial charge in [-0.1, -0.05) is 0 Å². The number of nitrogens with zero attached hydrogens (tertiary/aromatic N) is 1. The number of nitro benzene ring substituents is 1. The van der Waals surface area contributed by atoms with E-state index in [1.54, 1.807) is 0 Å². The molecule has 0 radical (unpaired) electrons. The lowest BCUT2D eigenvalue weighted by molar-refractivity contribution is -0.384. The van der Waals surface area contributed by atoms with E-state index in [0.717, 1.165) is 31.4 Å². The summed E-state index contributed by atoms with van der Waals surface area (Å²) >= 11 is 0. The molecule has 7 heteroatoms. The molecule has 0 aliphatic rings. The number of hydrogen-bond acceptors (Lipinski definition) is 4. The summed E-state index contributed by atoms with van der Waals surface area (Å²) in [5.74, 6) is -5.51. The van der Waals surface area contributed by atoms with Gasteiger partial charge in [0.2, 0.25) is 0 Å². The SMILES string of the molecule is COC(=O)C(F)(F)c1ccc([N+](=O)[O-])cc1. The number of non-ortho nitro benzene ring substituents is 1. The molecule has 0 atom stereocenters. The molecule has 0 amide bonds. The Morgan fingerprint density at radius 1 is 1.38 bits per heavy atom. The first-order chi connectivity index (χ1) is 7.39. The van der Waals surface area contributed by atoms with E-state index in [1.165, 1.54) is 0 Å². The number of esters is 1. The third-order valence-corrected chi connectivity index (χ3v) is 1.88. The van der Waals surface area contributed by atoms with Gasteiger partial charge in [0.15, 0.2) is 0 Å².